The third kappa shape index (κ3) is 11.4. The van der Waals surface area contributed by atoms with Crippen LogP contribution in [0.4, 0.5) is 0 Å². The Hall–Kier alpha value is -0.180. The highest BCUT2D eigenvalue weighted by atomic mass is 32.1. The molecule has 0 saturated heterocycles. The van der Waals surface area contributed by atoms with Crippen molar-refractivity contribution in [1.82, 2.24) is 0 Å². The number of unbranched alkanes of at least 4 members (excludes halogenated alkanes) is 8. The van der Waals surface area contributed by atoms with Crippen LogP contribution in [0.2, 0.25) is 0 Å². The van der Waals surface area contributed by atoms with E-state index < -0.39 is 0 Å². The zero-order valence-electron chi connectivity index (χ0n) is 12.8. The molecule has 0 fully saturated rings. The Balaban J connectivity index is 3.38. The number of hydrogen-bond acceptors (Lipinski definition) is 2. The Morgan fingerprint density at radius 3 is 1.95 bits per heavy atom. The number of rotatable bonds is 13. The molecule has 0 bridgehead atoms. The minimum Gasteiger partial charge on any atom is -0.466 e. The van der Waals surface area contributed by atoms with E-state index in [1.807, 2.05) is 6.92 Å². The molecule has 0 aromatic carbocycles. The molecule has 0 aliphatic heterocycles. The molecule has 0 spiro atoms. The fraction of sp³-hybridized carbons (Fsp3) is 0.938. The summed E-state index contributed by atoms with van der Waals surface area (Å²) in [4.78, 5) is 11.6. The maximum Gasteiger partial charge on any atom is 0.309 e. The maximum absolute atomic E-state index is 11.6. The van der Waals surface area contributed by atoms with Gasteiger partial charge in [-0.05, 0) is 13.3 Å². The molecular weight excluding hydrogens is 256 g/mol. The first-order valence-electron chi connectivity index (χ1n) is 8.00. The minimum absolute atomic E-state index is 0.0560. The lowest BCUT2D eigenvalue weighted by Crippen LogP contribution is -2.19. The van der Waals surface area contributed by atoms with E-state index in [2.05, 4.69) is 6.92 Å². The van der Waals surface area contributed by atoms with Gasteiger partial charge in [0.05, 0.1) is 12.5 Å². The molecule has 1 atom stereocenters. The number of hydrogen-bond donors (Lipinski definition) is 0. The molecule has 1 radical (unpaired) electrons. The van der Waals surface area contributed by atoms with E-state index in [4.69, 9.17) is 17.4 Å². The second-order valence-electron chi connectivity index (χ2n) is 5.23. The predicted octanol–water partition coefficient (Wildman–Crippen LogP) is 5.28. The van der Waals surface area contributed by atoms with Gasteiger partial charge in [-0.3, -0.25) is 4.79 Å². The third-order valence-corrected chi connectivity index (χ3v) is 3.88. The second kappa shape index (κ2) is 14.2. The third-order valence-electron chi connectivity index (χ3n) is 3.48. The predicted molar refractivity (Wildman–Crippen MR) is 84.4 cm³/mol. The maximum atomic E-state index is 11.6. The highest BCUT2D eigenvalue weighted by Crippen LogP contribution is 2.15. The van der Waals surface area contributed by atoms with Crippen LogP contribution in [0, 0.1) is 5.92 Å². The fourth-order valence-corrected chi connectivity index (χ4v) is 2.53. The quantitative estimate of drug-likeness (QED) is 0.340. The standard InChI is InChI=1S/C16H31O2S/c1-3-5-6-7-8-9-10-11-12-13-15(14-19)16(17)18-4-2/h15H,3-14H2,1-2H3. The van der Waals surface area contributed by atoms with Crippen LogP contribution in [0.15, 0.2) is 0 Å². The summed E-state index contributed by atoms with van der Waals surface area (Å²) >= 11 is 5.02. The van der Waals surface area contributed by atoms with Gasteiger partial charge in [0.15, 0.2) is 0 Å². The topological polar surface area (TPSA) is 26.3 Å². The Morgan fingerprint density at radius 2 is 1.47 bits per heavy atom. The molecule has 0 heterocycles. The second-order valence-corrected chi connectivity index (χ2v) is 5.57. The van der Waals surface area contributed by atoms with Crippen molar-refractivity contribution in [2.24, 2.45) is 5.92 Å². The number of carbonyl (C=O) groups is 1. The molecule has 2 nitrogen and oxygen atoms in total. The van der Waals surface area contributed by atoms with Crippen LogP contribution in [0.1, 0.15) is 78.1 Å². The van der Waals surface area contributed by atoms with Crippen LogP contribution < -0.4 is 0 Å². The van der Waals surface area contributed by atoms with Crippen molar-refractivity contribution in [2.75, 3.05) is 12.4 Å². The first-order valence-corrected chi connectivity index (χ1v) is 8.58. The van der Waals surface area contributed by atoms with E-state index in [1.54, 1.807) is 0 Å². The van der Waals surface area contributed by atoms with E-state index in [1.165, 1.54) is 51.4 Å². The minimum atomic E-state index is -0.0999. The molecule has 0 saturated carbocycles. The lowest BCUT2D eigenvalue weighted by Gasteiger charge is -2.12. The van der Waals surface area contributed by atoms with Crippen LogP contribution in [0.25, 0.3) is 0 Å². The van der Waals surface area contributed by atoms with Crippen LogP contribution in [-0.4, -0.2) is 18.3 Å². The Bertz CT molecular complexity index is 207. The van der Waals surface area contributed by atoms with Crippen molar-refractivity contribution in [3.05, 3.63) is 0 Å². The van der Waals surface area contributed by atoms with Crippen LogP contribution >= 0.6 is 12.6 Å². The largest absolute Gasteiger partial charge is 0.466 e. The summed E-state index contributed by atoms with van der Waals surface area (Å²) in [6.07, 6.45) is 12.7. The van der Waals surface area contributed by atoms with Crippen LogP contribution in [0.3, 0.4) is 0 Å². The zero-order valence-corrected chi connectivity index (χ0v) is 13.6. The lowest BCUT2D eigenvalue weighted by molar-refractivity contribution is -0.147. The number of carbonyl (C=O) groups excluding carboxylic acids is 1. The average Bonchev–Trinajstić information content (AvgIpc) is 2.41. The summed E-state index contributed by atoms with van der Waals surface area (Å²) in [7, 11) is 0. The van der Waals surface area contributed by atoms with Gasteiger partial charge in [0.1, 0.15) is 0 Å². The molecule has 0 aliphatic carbocycles. The van der Waals surface area contributed by atoms with Crippen molar-refractivity contribution in [3.63, 3.8) is 0 Å². The van der Waals surface area contributed by atoms with Gasteiger partial charge in [0.2, 0.25) is 0 Å². The van der Waals surface area contributed by atoms with E-state index in [9.17, 15) is 4.79 Å². The van der Waals surface area contributed by atoms with Gasteiger partial charge < -0.3 is 4.74 Å². The summed E-state index contributed by atoms with van der Waals surface area (Å²) in [5, 5.41) is 0. The average molecular weight is 287 g/mol. The van der Waals surface area contributed by atoms with Gasteiger partial charge in [0.25, 0.3) is 0 Å². The molecule has 0 N–H and O–H groups in total. The molecule has 19 heavy (non-hydrogen) atoms. The summed E-state index contributed by atoms with van der Waals surface area (Å²) in [5.41, 5.74) is 0. The molecule has 0 aliphatic rings. The molecule has 3 heteroatoms. The van der Waals surface area contributed by atoms with Crippen molar-refractivity contribution in [2.45, 2.75) is 78.1 Å². The van der Waals surface area contributed by atoms with Crippen LogP contribution in [0.5, 0.6) is 0 Å². The van der Waals surface area contributed by atoms with E-state index in [0.29, 0.717) is 12.4 Å². The molecular formula is C16H31O2S. The van der Waals surface area contributed by atoms with Crippen molar-refractivity contribution < 1.29 is 9.53 Å². The molecule has 0 amide bonds. The SMILES string of the molecule is CCCCCCCCCCCC(C[S])C(=O)OCC. The van der Waals surface area contributed by atoms with Crippen molar-refractivity contribution >= 4 is 18.6 Å². The van der Waals surface area contributed by atoms with Gasteiger partial charge >= 0.3 is 5.97 Å². The van der Waals surface area contributed by atoms with Gasteiger partial charge in [-0.25, -0.2) is 0 Å². The monoisotopic (exact) mass is 287 g/mol. The van der Waals surface area contributed by atoms with Gasteiger partial charge in [0, 0.05) is 5.75 Å². The molecule has 0 aromatic rings. The lowest BCUT2D eigenvalue weighted by atomic mass is 10.0. The summed E-state index contributed by atoms with van der Waals surface area (Å²) in [6, 6.07) is 0. The smallest absolute Gasteiger partial charge is 0.309 e. The summed E-state index contributed by atoms with van der Waals surface area (Å²) in [5.74, 6) is 0.340. The van der Waals surface area contributed by atoms with Crippen molar-refractivity contribution in [3.8, 4) is 0 Å². The highest BCUT2D eigenvalue weighted by molar-refractivity contribution is 7.80. The molecule has 0 rings (SSSR count). The van der Waals surface area contributed by atoms with E-state index in [-0.39, 0.29) is 11.9 Å². The zero-order chi connectivity index (χ0) is 14.3. The first-order chi connectivity index (χ1) is 9.26. The van der Waals surface area contributed by atoms with Gasteiger partial charge in [-0.1, -0.05) is 77.3 Å². The van der Waals surface area contributed by atoms with E-state index >= 15 is 0 Å². The highest BCUT2D eigenvalue weighted by Gasteiger charge is 2.17. The fourth-order valence-electron chi connectivity index (χ4n) is 2.23. The van der Waals surface area contributed by atoms with Crippen molar-refractivity contribution in [1.29, 1.82) is 0 Å². The first kappa shape index (κ1) is 18.8. The Labute approximate surface area is 125 Å². The molecule has 0 aromatic heterocycles. The normalized spacial score (nSPS) is 12.4. The molecule has 1 unspecified atom stereocenters. The van der Waals surface area contributed by atoms with E-state index in [0.717, 1.165) is 12.8 Å². The van der Waals surface area contributed by atoms with Crippen LogP contribution in [-0.2, 0) is 9.53 Å². The number of ether oxygens (including phenoxy) is 1. The Kier molecular flexibility index (Phi) is 14.1. The Morgan fingerprint density at radius 1 is 0.947 bits per heavy atom. The molecule has 113 valence electrons. The summed E-state index contributed by atoms with van der Waals surface area (Å²) < 4.78 is 5.02. The van der Waals surface area contributed by atoms with Gasteiger partial charge in [-0.2, -0.15) is 0 Å². The number of esters is 1. The summed E-state index contributed by atoms with van der Waals surface area (Å²) in [6.45, 7) is 4.55. The van der Waals surface area contributed by atoms with Gasteiger partial charge in [-0.15, -0.1) is 0 Å².